The molecule has 0 atom stereocenters. The average molecular weight is 589 g/mol. The summed E-state index contributed by atoms with van der Waals surface area (Å²) in [7, 11) is 0. The Morgan fingerprint density at radius 1 is 0.413 bits per heavy atom. The number of hydrogen-bond acceptors (Lipinski definition) is 2. The van der Waals surface area contributed by atoms with E-state index in [1.807, 2.05) is 36.4 Å². The van der Waals surface area contributed by atoms with Gasteiger partial charge in [-0.05, 0) is 42.5 Å². The van der Waals surface area contributed by atoms with Crippen molar-refractivity contribution in [2.24, 2.45) is 0 Å². The predicted octanol–water partition coefficient (Wildman–Crippen LogP) is 10.5. The van der Waals surface area contributed by atoms with Crippen LogP contribution in [-0.4, -0.2) is 19.1 Å². The second-order valence-corrected chi connectivity index (χ2v) is 11.5. The summed E-state index contributed by atoms with van der Waals surface area (Å²) in [6.45, 7) is 0. The van der Waals surface area contributed by atoms with Crippen molar-refractivity contribution < 1.29 is 0 Å². The van der Waals surface area contributed by atoms with Gasteiger partial charge >= 0.3 is 0 Å². The Bertz CT molecular complexity index is 2450. The summed E-state index contributed by atoms with van der Waals surface area (Å²) in [6.07, 6.45) is 2.17. The maximum atomic E-state index is 5.12. The van der Waals surface area contributed by atoms with Gasteiger partial charge in [0, 0.05) is 50.4 Å². The van der Waals surface area contributed by atoms with E-state index >= 15 is 0 Å². The second kappa shape index (κ2) is 10.7. The molecule has 216 valence electrons. The molecule has 0 radical (unpaired) electrons. The number of hydrogen-bond donors (Lipinski definition) is 0. The summed E-state index contributed by atoms with van der Waals surface area (Å²) < 4.78 is 4.70. The summed E-state index contributed by atoms with van der Waals surface area (Å²) in [5.41, 5.74) is 10.6. The maximum absolute atomic E-state index is 5.12. The molecule has 0 aliphatic carbocycles. The van der Waals surface area contributed by atoms with Crippen molar-refractivity contribution >= 4 is 32.7 Å². The number of aromatic nitrogens is 4. The Kier molecular flexibility index (Phi) is 6.10. The fourth-order valence-electron chi connectivity index (χ4n) is 6.62. The Balaban J connectivity index is 1.30. The first-order chi connectivity index (χ1) is 22.8. The minimum absolute atomic E-state index is 0.695. The van der Waals surface area contributed by atoms with Gasteiger partial charge in [0.1, 0.15) is 0 Å². The smallest absolute Gasteiger partial charge is 0.160 e. The van der Waals surface area contributed by atoms with Crippen molar-refractivity contribution in [2.45, 2.75) is 0 Å². The maximum Gasteiger partial charge on any atom is 0.160 e. The molecule has 6 aromatic carbocycles. The van der Waals surface area contributed by atoms with Gasteiger partial charge < -0.3 is 9.13 Å². The van der Waals surface area contributed by atoms with E-state index in [1.54, 1.807) is 0 Å². The zero-order chi connectivity index (χ0) is 30.5. The molecule has 0 unspecified atom stereocenters. The normalized spacial score (nSPS) is 11.5. The number of fused-ring (bicyclic) bond motifs is 5. The van der Waals surface area contributed by atoms with Crippen LogP contribution in [0.15, 0.2) is 170 Å². The van der Waals surface area contributed by atoms with Crippen molar-refractivity contribution in [3.8, 4) is 45.3 Å². The second-order valence-electron chi connectivity index (χ2n) is 11.5. The lowest BCUT2D eigenvalue weighted by molar-refractivity contribution is 1.11. The van der Waals surface area contributed by atoms with Gasteiger partial charge in [0.15, 0.2) is 5.82 Å². The fourth-order valence-corrected chi connectivity index (χ4v) is 6.62. The monoisotopic (exact) mass is 588 g/mol. The van der Waals surface area contributed by atoms with E-state index in [4.69, 9.17) is 9.97 Å². The molecule has 0 N–H and O–H groups in total. The van der Waals surface area contributed by atoms with E-state index in [2.05, 4.69) is 143 Å². The molecule has 0 aliphatic rings. The van der Waals surface area contributed by atoms with Crippen molar-refractivity contribution in [2.75, 3.05) is 0 Å². The first-order valence-electron chi connectivity index (χ1n) is 15.5. The minimum Gasteiger partial charge on any atom is -0.315 e. The third kappa shape index (κ3) is 4.31. The van der Waals surface area contributed by atoms with Crippen LogP contribution in [0.25, 0.3) is 78.0 Å². The van der Waals surface area contributed by atoms with Crippen molar-refractivity contribution in [3.05, 3.63) is 170 Å². The van der Waals surface area contributed by atoms with Gasteiger partial charge in [0.25, 0.3) is 0 Å². The molecular weight excluding hydrogens is 560 g/mol. The number of benzene rings is 6. The van der Waals surface area contributed by atoms with E-state index in [0.717, 1.165) is 45.0 Å². The average Bonchev–Trinajstić information content (AvgIpc) is 3.72. The number of para-hydroxylation sites is 2. The van der Waals surface area contributed by atoms with Crippen LogP contribution in [0.5, 0.6) is 0 Å². The lowest BCUT2D eigenvalue weighted by atomic mass is 10.1. The number of rotatable bonds is 5. The highest BCUT2D eigenvalue weighted by atomic mass is 15.0. The summed E-state index contributed by atoms with van der Waals surface area (Å²) in [4.78, 5) is 10.2. The van der Waals surface area contributed by atoms with Gasteiger partial charge in [0.2, 0.25) is 0 Å². The SMILES string of the molecule is c1ccc(-c2cc(-c3ccccc3)nc(-c3cccc(-n4c5ccccc5c5ccc6ccn(-c7ccccc7)c6c54)c3)n2)cc1. The van der Waals surface area contributed by atoms with Crippen LogP contribution < -0.4 is 0 Å². The molecule has 4 nitrogen and oxygen atoms in total. The van der Waals surface area contributed by atoms with Crippen LogP contribution in [0.4, 0.5) is 0 Å². The van der Waals surface area contributed by atoms with Crippen LogP contribution in [0.3, 0.4) is 0 Å². The molecule has 0 saturated heterocycles. The van der Waals surface area contributed by atoms with Gasteiger partial charge in [-0.1, -0.05) is 121 Å². The van der Waals surface area contributed by atoms with Crippen LogP contribution in [0.1, 0.15) is 0 Å². The van der Waals surface area contributed by atoms with E-state index in [0.29, 0.717) is 5.82 Å². The predicted molar refractivity (Wildman–Crippen MR) is 190 cm³/mol. The lowest BCUT2D eigenvalue weighted by Crippen LogP contribution is -1.99. The summed E-state index contributed by atoms with van der Waals surface area (Å²) >= 11 is 0. The summed E-state index contributed by atoms with van der Waals surface area (Å²) in [5.74, 6) is 0.695. The van der Waals surface area contributed by atoms with E-state index in [1.165, 1.54) is 27.2 Å². The molecular formula is C42H28N4. The van der Waals surface area contributed by atoms with Crippen LogP contribution in [0, 0.1) is 0 Å². The van der Waals surface area contributed by atoms with Crippen molar-refractivity contribution in [3.63, 3.8) is 0 Å². The Labute approximate surface area is 266 Å². The molecule has 0 bridgehead atoms. The van der Waals surface area contributed by atoms with Crippen LogP contribution in [0.2, 0.25) is 0 Å². The molecule has 3 aromatic heterocycles. The molecule has 0 spiro atoms. The molecule has 9 aromatic rings. The standard InChI is InChI=1S/C42H28N4/c1-4-13-29(14-5-1)37-28-38(30-15-6-2-7-16-30)44-42(43-37)32-17-12-20-34(27-32)46-39-22-11-10-21-35(39)36-24-23-31-25-26-45(40(31)41(36)46)33-18-8-3-9-19-33/h1-28H. The third-order valence-corrected chi connectivity index (χ3v) is 8.75. The van der Waals surface area contributed by atoms with Gasteiger partial charge in [-0.25, -0.2) is 9.97 Å². The highest BCUT2D eigenvalue weighted by Gasteiger charge is 2.19. The molecule has 9 rings (SSSR count). The van der Waals surface area contributed by atoms with Crippen LogP contribution in [-0.2, 0) is 0 Å². The summed E-state index contributed by atoms with van der Waals surface area (Å²) in [6, 6.07) is 57.3. The fraction of sp³-hybridized carbons (Fsp3) is 0. The lowest BCUT2D eigenvalue weighted by Gasteiger charge is -2.13. The number of nitrogens with zero attached hydrogens (tertiary/aromatic N) is 4. The molecule has 0 fully saturated rings. The first kappa shape index (κ1) is 26.2. The molecule has 0 amide bonds. The van der Waals surface area contributed by atoms with Crippen molar-refractivity contribution in [1.82, 2.24) is 19.1 Å². The zero-order valence-electron chi connectivity index (χ0n) is 25.0. The van der Waals surface area contributed by atoms with E-state index in [9.17, 15) is 0 Å². The Hall–Kier alpha value is -6.26. The van der Waals surface area contributed by atoms with Gasteiger partial charge in [0.05, 0.1) is 27.9 Å². The summed E-state index contributed by atoms with van der Waals surface area (Å²) in [5, 5.41) is 3.64. The van der Waals surface area contributed by atoms with Gasteiger partial charge in [-0.3, -0.25) is 0 Å². The zero-order valence-corrected chi connectivity index (χ0v) is 25.0. The van der Waals surface area contributed by atoms with Crippen molar-refractivity contribution in [1.29, 1.82) is 0 Å². The molecule has 0 saturated carbocycles. The quantitative estimate of drug-likeness (QED) is 0.200. The first-order valence-corrected chi connectivity index (χ1v) is 15.5. The Morgan fingerprint density at radius 2 is 1.02 bits per heavy atom. The van der Waals surface area contributed by atoms with E-state index in [-0.39, 0.29) is 0 Å². The van der Waals surface area contributed by atoms with Crippen LogP contribution >= 0.6 is 0 Å². The largest absolute Gasteiger partial charge is 0.315 e. The Morgan fingerprint density at radius 3 is 1.74 bits per heavy atom. The van der Waals surface area contributed by atoms with Gasteiger partial charge in [-0.2, -0.15) is 0 Å². The van der Waals surface area contributed by atoms with Gasteiger partial charge in [-0.15, -0.1) is 0 Å². The minimum atomic E-state index is 0.695. The third-order valence-electron chi connectivity index (χ3n) is 8.75. The highest BCUT2D eigenvalue weighted by molar-refractivity contribution is 6.18. The van der Waals surface area contributed by atoms with E-state index < -0.39 is 0 Å². The molecule has 0 aliphatic heterocycles. The topological polar surface area (TPSA) is 35.6 Å². The molecule has 46 heavy (non-hydrogen) atoms. The highest BCUT2D eigenvalue weighted by Crippen LogP contribution is 2.38. The molecule has 4 heteroatoms. The molecule has 3 heterocycles.